The second-order valence-electron chi connectivity index (χ2n) is 2.50. The minimum absolute atomic E-state index is 0.441. The van der Waals surface area contributed by atoms with Crippen LogP contribution in [-0.2, 0) is 4.79 Å². The molecule has 0 N–H and O–H groups in total. The lowest BCUT2D eigenvalue weighted by Crippen LogP contribution is -1.98. The van der Waals surface area contributed by atoms with Crippen molar-refractivity contribution in [3.63, 3.8) is 0 Å². The lowest BCUT2D eigenvalue weighted by molar-refractivity contribution is -0.117. The molecule has 1 fully saturated rings. The molecule has 10 heavy (non-hydrogen) atoms. The maximum Gasteiger partial charge on any atom is 0.134 e. The first-order valence-corrected chi connectivity index (χ1v) is 5.25. The molecule has 0 saturated heterocycles. The molecule has 0 heterocycles. The van der Waals surface area contributed by atoms with Crippen LogP contribution in [-0.4, -0.2) is 22.5 Å². The normalized spacial score (nSPS) is 25.7. The van der Waals surface area contributed by atoms with Gasteiger partial charge in [0.25, 0.3) is 0 Å². The quantitative estimate of drug-likeness (QED) is 0.660. The summed E-state index contributed by atoms with van der Waals surface area (Å²) < 4.78 is 0. The third kappa shape index (κ3) is 2.54. The second-order valence-corrected chi connectivity index (χ2v) is 4.35. The molecular weight excluding hydrogens is 164 g/mol. The van der Waals surface area contributed by atoms with Crippen LogP contribution in [0, 0.1) is 0 Å². The number of thioether (sulfide) groups is 1. The van der Waals surface area contributed by atoms with Crippen molar-refractivity contribution in [1.29, 1.82) is 0 Å². The Hall–Kier alpha value is 0.370. The molecule has 1 rings (SSSR count). The van der Waals surface area contributed by atoms with Gasteiger partial charge in [0, 0.05) is 23.8 Å². The van der Waals surface area contributed by atoms with Crippen molar-refractivity contribution in [2.45, 2.75) is 24.5 Å². The van der Waals surface area contributed by atoms with E-state index in [-0.39, 0.29) is 0 Å². The molecule has 0 amide bonds. The molecule has 1 aliphatic carbocycles. The van der Waals surface area contributed by atoms with Crippen molar-refractivity contribution >= 4 is 30.2 Å². The van der Waals surface area contributed by atoms with Gasteiger partial charge in [-0.2, -0.15) is 24.4 Å². The van der Waals surface area contributed by atoms with Gasteiger partial charge in [0.1, 0.15) is 5.78 Å². The summed E-state index contributed by atoms with van der Waals surface area (Å²) in [5.41, 5.74) is 0. The van der Waals surface area contributed by atoms with E-state index in [0.29, 0.717) is 11.0 Å². The molecule has 0 aromatic rings. The van der Waals surface area contributed by atoms with Gasteiger partial charge < -0.3 is 0 Å². The van der Waals surface area contributed by atoms with Gasteiger partial charge in [0.15, 0.2) is 0 Å². The van der Waals surface area contributed by atoms with Crippen LogP contribution in [0.1, 0.15) is 19.3 Å². The molecule has 0 aromatic heterocycles. The SMILES string of the molecule is O=C1CCC(SCCS)C1. The number of carbonyl (C=O) groups excluding carboxylic acids is 1. The molecule has 0 aliphatic heterocycles. The summed E-state index contributed by atoms with van der Waals surface area (Å²) in [6.45, 7) is 0. The van der Waals surface area contributed by atoms with Crippen molar-refractivity contribution in [1.82, 2.24) is 0 Å². The molecule has 1 saturated carbocycles. The van der Waals surface area contributed by atoms with Crippen molar-refractivity contribution in [2.24, 2.45) is 0 Å². The predicted molar refractivity (Wildman–Crippen MR) is 49.0 cm³/mol. The van der Waals surface area contributed by atoms with Crippen LogP contribution in [0.4, 0.5) is 0 Å². The molecule has 1 aliphatic rings. The van der Waals surface area contributed by atoms with Crippen molar-refractivity contribution in [3.05, 3.63) is 0 Å². The number of hydrogen-bond acceptors (Lipinski definition) is 3. The van der Waals surface area contributed by atoms with Crippen LogP contribution in [0.25, 0.3) is 0 Å². The highest BCUT2D eigenvalue weighted by Gasteiger charge is 2.21. The number of rotatable bonds is 3. The molecule has 0 bridgehead atoms. The lowest BCUT2D eigenvalue weighted by Gasteiger charge is -2.04. The van der Waals surface area contributed by atoms with Crippen molar-refractivity contribution in [2.75, 3.05) is 11.5 Å². The summed E-state index contributed by atoms with van der Waals surface area (Å²) in [6, 6.07) is 0. The first-order valence-electron chi connectivity index (χ1n) is 3.57. The molecule has 3 heteroatoms. The summed E-state index contributed by atoms with van der Waals surface area (Å²) in [6.07, 6.45) is 2.71. The molecular formula is C7H12OS2. The largest absolute Gasteiger partial charge is 0.300 e. The van der Waals surface area contributed by atoms with Gasteiger partial charge in [-0.15, -0.1) is 0 Å². The van der Waals surface area contributed by atoms with E-state index in [4.69, 9.17) is 0 Å². The number of Topliss-reactive ketones (excluding diaryl/α,β-unsaturated/α-hetero) is 1. The topological polar surface area (TPSA) is 17.1 Å². The van der Waals surface area contributed by atoms with Gasteiger partial charge in [0.05, 0.1) is 0 Å². The zero-order chi connectivity index (χ0) is 7.40. The molecule has 58 valence electrons. The van der Waals surface area contributed by atoms with E-state index in [1.165, 1.54) is 0 Å². The number of hydrogen-bond donors (Lipinski definition) is 1. The highest BCUT2D eigenvalue weighted by atomic mass is 32.2. The highest BCUT2D eigenvalue weighted by Crippen LogP contribution is 2.26. The molecule has 0 radical (unpaired) electrons. The number of thiol groups is 1. The molecule has 1 nitrogen and oxygen atoms in total. The Morgan fingerprint density at radius 3 is 3.00 bits per heavy atom. The minimum Gasteiger partial charge on any atom is -0.300 e. The summed E-state index contributed by atoms with van der Waals surface area (Å²) in [5, 5.41) is 0.611. The van der Waals surface area contributed by atoms with E-state index in [9.17, 15) is 4.79 Å². The van der Waals surface area contributed by atoms with E-state index < -0.39 is 0 Å². The summed E-state index contributed by atoms with van der Waals surface area (Å²) >= 11 is 6.00. The van der Waals surface area contributed by atoms with Crippen LogP contribution in [0.2, 0.25) is 0 Å². The maximum absolute atomic E-state index is 10.8. The lowest BCUT2D eigenvalue weighted by atomic mass is 10.4. The van der Waals surface area contributed by atoms with Crippen molar-refractivity contribution in [3.8, 4) is 0 Å². The van der Waals surface area contributed by atoms with Gasteiger partial charge in [0.2, 0.25) is 0 Å². The number of carbonyl (C=O) groups is 1. The average molecular weight is 176 g/mol. The van der Waals surface area contributed by atoms with E-state index in [0.717, 1.165) is 30.8 Å². The van der Waals surface area contributed by atoms with E-state index in [1.807, 2.05) is 11.8 Å². The average Bonchev–Trinajstić information content (AvgIpc) is 2.31. The first-order chi connectivity index (χ1) is 4.83. The summed E-state index contributed by atoms with van der Waals surface area (Å²) in [7, 11) is 0. The zero-order valence-electron chi connectivity index (χ0n) is 5.88. The zero-order valence-corrected chi connectivity index (χ0v) is 7.59. The fourth-order valence-corrected chi connectivity index (χ4v) is 2.48. The highest BCUT2D eigenvalue weighted by molar-refractivity contribution is 8.00. The summed E-state index contributed by atoms with van der Waals surface area (Å²) in [4.78, 5) is 10.8. The van der Waals surface area contributed by atoms with E-state index in [2.05, 4.69) is 12.6 Å². The Morgan fingerprint density at radius 2 is 2.50 bits per heavy atom. The van der Waals surface area contributed by atoms with E-state index in [1.54, 1.807) is 0 Å². The van der Waals surface area contributed by atoms with Gasteiger partial charge in [-0.1, -0.05) is 0 Å². The standard InChI is InChI=1S/C7H12OS2/c8-6-1-2-7(5-6)10-4-3-9/h7,9H,1-5H2. The van der Waals surface area contributed by atoms with Crippen molar-refractivity contribution < 1.29 is 4.79 Å². The minimum atomic E-state index is 0.441. The Labute approximate surface area is 71.4 Å². The summed E-state index contributed by atoms with van der Waals surface area (Å²) in [5.74, 6) is 2.45. The monoisotopic (exact) mass is 176 g/mol. The van der Waals surface area contributed by atoms with Crippen LogP contribution in [0.3, 0.4) is 0 Å². The third-order valence-electron chi connectivity index (χ3n) is 1.65. The van der Waals surface area contributed by atoms with Crippen LogP contribution in [0.5, 0.6) is 0 Å². The Bertz CT molecular complexity index is 125. The van der Waals surface area contributed by atoms with Crippen LogP contribution in [0.15, 0.2) is 0 Å². The maximum atomic E-state index is 10.8. The fraction of sp³-hybridized carbons (Fsp3) is 0.857. The van der Waals surface area contributed by atoms with Crippen LogP contribution < -0.4 is 0 Å². The molecule has 0 aromatic carbocycles. The predicted octanol–water partition coefficient (Wildman–Crippen LogP) is 1.77. The fourth-order valence-electron chi connectivity index (χ4n) is 1.14. The van der Waals surface area contributed by atoms with E-state index >= 15 is 0 Å². The van der Waals surface area contributed by atoms with Gasteiger partial charge in [-0.25, -0.2) is 0 Å². The van der Waals surface area contributed by atoms with Crippen LogP contribution >= 0.6 is 24.4 Å². The van der Waals surface area contributed by atoms with Gasteiger partial charge in [-0.3, -0.25) is 4.79 Å². The number of ketones is 1. The molecule has 1 atom stereocenters. The Kier molecular flexibility index (Phi) is 3.63. The van der Waals surface area contributed by atoms with Gasteiger partial charge >= 0.3 is 0 Å². The Balaban J connectivity index is 2.12. The molecule has 1 unspecified atom stereocenters. The second kappa shape index (κ2) is 4.29. The third-order valence-corrected chi connectivity index (χ3v) is 3.49. The smallest absolute Gasteiger partial charge is 0.134 e. The first kappa shape index (κ1) is 8.47. The van der Waals surface area contributed by atoms with Gasteiger partial charge in [-0.05, 0) is 12.2 Å². The molecule has 0 spiro atoms. The Morgan fingerprint density at radius 1 is 1.70 bits per heavy atom.